The number of rotatable bonds is 8. The van der Waals surface area contributed by atoms with Crippen molar-refractivity contribution in [1.82, 2.24) is 9.95 Å². The van der Waals surface area contributed by atoms with Crippen molar-refractivity contribution < 1.29 is 31.6 Å². The highest BCUT2D eigenvalue weighted by molar-refractivity contribution is 7.89. The van der Waals surface area contributed by atoms with Gasteiger partial charge in [0.2, 0.25) is 0 Å². The van der Waals surface area contributed by atoms with Crippen molar-refractivity contribution in [3.8, 4) is 5.75 Å². The summed E-state index contributed by atoms with van der Waals surface area (Å²) in [4.78, 5) is 2.35. The maximum atomic E-state index is 12.8. The number of ether oxygens (including phenoxy) is 1. The Bertz CT molecular complexity index is 1180. The normalized spacial score (nSPS) is 17.8. The number of sulfonamides is 1. The largest absolute Gasteiger partial charge is 0.755 e. The SMILES string of the molecule is C[N+](C)(CC(O)COc1ccc(Cl)cc1Cl)N1Cc2cc(Cl)c(NS(=O)[O-])cc2S(=O)(=O)N1. The number of hydrazine groups is 1. The highest BCUT2D eigenvalue weighted by Crippen LogP contribution is 2.33. The van der Waals surface area contributed by atoms with E-state index in [1.807, 2.05) is 0 Å². The first kappa shape index (κ1) is 26.4. The molecule has 33 heavy (non-hydrogen) atoms. The van der Waals surface area contributed by atoms with Gasteiger partial charge in [0.15, 0.2) is 0 Å². The molecule has 2 aromatic carbocycles. The van der Waals surface area contributed by atoms with Gasteiger partial charge in [-0.05, 0) is 35.9 Å². The number of fused-ring (bicyclic) bond motifs is 1. The third-order valence-electron chi connectivity index (χ3n) is 4.81. The average Bonchev–Trinajstić information content (AvgIpc) is 2.67. The number of benzene rings is 2. The molecule has 10 nitrogen and oxygen atoms in total. The number of nitrogens with one attached hydrogen (secondary N) is 2. The number of nitrogens with zero attached hydrogens (tertiary/aromatic N) is 2. The minimum atomic E-state index is -4.03. The molecule has 15 heteroatoms. The van der Waals surface area contributed by atoms with E-state index >= 15 is 0 Å². The van der Waals surface area contributed by atoms with Crippen LogP contribution in [0.1, 0.15) is 5.56 Å². The molecule has 0 radical (unpaired) electrons. The maximum Gasteiger partial charge on any atom is 0.257 e. The molecular weight excluding hydrogens is 539 g/mol. The average molecular weight is 560 g/mol. The number of aliphatic hydroxyl groups excluding tert-OH is 1. The number of anilines is 1. The van der Waals surface area contributed by atoms with E-state index in [4.69, 9.17) is 39.5 Å². The summed E-state index contributed by atoms with van der Waals surface area (Å²) >= 11 is 15.4. The molecule has 3 rings (SSSR count). The van der Waals surface area contributed by atoms with Crippen LogP contribution in [0.5, 0.6) is 5.75 Å². The lowest BCUT2D eigenvalue weighted by Crippen LogP contribution is -2.65. The van der Waals surface area contributed by atoms with Crippen molar-refractivity contribution in [3.63, 3.8) is 0 Å². The molecule has 0 fully saturated rings. The van der Waals surface area contributed by atoms with Gasteiger partial charge in [0, 0.05) is 16.3 Å². The van der Waals surface area contributed by atoms with Gasteiger partial charge in [-0.25, -0.2) is 13.0 Å². The van der Waals surface area contributed by atoms with Crippen LogP contribution < -0.4 is 14.3 Å². The van der Waals surface area contributed by atoms with Crippen LogP contribution in [0.3, 0.4) is 0 Å². The number of likely N-dealkylation sites (N-methyl/N-ethyl adjacent to an activating group) is 1. The summed E-state index contributed by atoms with van der Waals surface area (Å²) in [6.45, 7) is 0.109. The Morgan fingerprint density at radius 1 is 1.27 bits per heavy atom. The summed E-state index contributed by atoms with van der Waals surface area (Å²) in [5, 5.41) is 12.7. The van der Waals surface area contributed by atoms with Crippen LogP contribution in [0.25, 0.3) is 0 Å². The zero-order valence-electron chi connectivity index (χ0n) is 17.4. The summed E-state index contributed by atoms with van der Waals surface area (Å²) in [5.74, 6) is 0.357. The quantitative estimate of drug-likeness (QED) is 0.334. The zero-order valence-corrected chi connectivity index (χ0v) is 21.3. The summed E-state index contributed by atoms with van der Waals surface area (Å²) in [5.41, 5.74) is 0.315. The first-order valence-corrected chi connectivity index (χ1v) is 13.1. The van der Waals surface area contributed by atoms with E-state index in [1.165, 1.54) is 17.3 Å². The standard InChI is InChI=1S/C18H21Cl3N4O6S2/c1-25(2,9-13(26)10-31-17-4-3-12(19)6-15(17)21)24-8-11-5-14(20)16(22-32(27)28)7-18(11)33(29,30)23-24/h3-7,13,22-23,26H,8-10H2,1-2H3. The van der Waals surface area contributed by atoms with E-state index in [0.29, 0.717) is 21.4 Å². The molecule has 0 aromatic heterocycles. The third kappa shape index (κ3) is 6.48. The molecule has 0 saturated carbocycles. The second-order valence-electron chi connectivity index (χ2n) is 7.77. The van der Waals surface area contributed by atoms with Crippen LogP contribution in [-0.4, -0.2) is 65.3 Å². The molecule has 1 aliphatic heterocycles. The van der Waals surface area contributed by atoms with Gasteiger partial charge in [0.25, 0.3) is 10.0 Å². The molecular formula is C18H21Cl3N4O6S2. The van der Waals surface area contributed by atoms with Gasteiger partial charge in [-0.2, -0.15) is 0 Å². The molecule has 2 aromatic rings. The summed E-state index contributed by atoms with van der Waals surface area (Å²) < 4.78 is 55.1. The van der Waals surface area contributed by atoms with Gasteiger partial charge in [0.05, 0.1) is 41.3 Å². The summed E-state index contributed by atoms with van der Waals surface area (Å²) in [7, 11) is -0.635. The fourth-order valence-corrected chi connectivity index (χ4v) is 5.77. The highest BCUT2D eigenvalue weighted by Gasteiger charge is 2.39. The lowest BCUT2D eigenvalue weighted by atomic mass is 10.2. The van der Waals surface area contributed by atoms with Crippen molar-refractivity contribution >= 4 is 61.8 Å². The van der Waals surface area contributed by atoms with Crippen LogP contribution in [0.2, 0.25) is 15.1 Å². The number of aliphatic hydroxyl groups is 1. The molecule has 0 bridgehead atoms. The Labute approximate surface area is 209 Å². The lowest BCUT2D eigenvalue weighted by Gasteiger charge is -2.42. The Morgan fingerprint density at radius 3 is 2.61 bits per heavy atom. The predicted octanol–water partition coefficient (Wildman–Crippen LogP) is 2.29. The zero-order chi connectivity index (χ0) is 24.6. The Morgan fingerprint density at radius 2 is 1.97 bits per heavy atom. The first-order chi connectivity index (χ1) is 15.3. The van der Waals surface area contributed by atoms with E-state index in [0.717, 1.165) is 6.07 Å². The first-order valence-electron chi connectivity index (χ1n) is 9.36. The van der Waals surface area contributed by atoms with Gasteiger partial charge in [-0.3, -0.25) is 4.21 Å². The van der Waals surface area contributed by atoms with E-state index in [9.17, 15) is 22.3 Å². The minimum absolute atomic E-state index is 0.0496. The van der Waals surface area contributed by atoms with Crippen molar-refractivity contribution in [2.24, 2.45) is 0 Å². The molecule has 2 atom stereocenters. The monoisotopic (exact) mass is 558 g/mol. The number of hydrogen-bond donors (Lipinski definition) is 3. The lowest BCUT2D eigenvalue weighted by molar-refractivity contribution is -1.01. The molecule has 3 N–H and O–H groups in total. The smallest absolute Gasteiger partial charge is 0.257 e. The Balaban J connectivity index is 1.73. The van der Waals surface area contributed by atoms with Crippen LogP contribution >= 0.6 is 34.8 Å². The van der Waals surface area contributed by atoms with E-state index in [1.54, 1.807) is 26.2 Å². The van der Waals surface area contributed by atoms with Crippen molar-refractivity contribution in [3.05, 3.63) is 51.0 Å². The van der Waals surface area contributed by atoms with E-state index in [-0.39, 0.29) is 39.9 Å². The maximum absolute atomic E-state index is 12.8. The van der Waals surface area contributed by atoms with Gasteiger partial charge >= 0.3 is 0 Å². The number of hydrogen-bond acceptors (Lipinski definition) is 7. The van der Waals surface area contributed by atoms with E-state index < -0.39 is 27.4 Å². The van der Waals surface area contributed by atoms with Gasteiger partial charge in [-0.15, -0.1) is 0 Å². The minimum Gasteiger partial charge on any atom is -0.755 e. The van der Waals surface area contributed by atoms with Crippen LogP contribution in [0.4, 0.5) is 5.69 Å². The van der Waals surface area contributed by atoms with Crippen LogP contribution in [0.15, 0.2) is 35.2 Å². The fraction of sp³-hybridized carbons (Fsp3) is 0.333. The van der Waals surface area contributed by atoms with Gasteiger partial charge < -0.3 is 19.1 Å². The highest BCUT2D eigenvalue weighted by atomic mass is 35.5. The van der Waals surface area contributed by atoms with Crippen LogP contribution in [-0.2, 0) is 27.8 Å². The van der Waals surface area contributed by atoms with E-state index in [2.05, 4.69) is 9.55 Å². The molecule has 0 spiro atoms. The molecule has 0 amide bonds. The molecule has 2 unspecified atom stereocenters. The summed E-state index contributed by atoms with van der Waals surface area (Å²) in [6, 6.07) is 7.26. The third-order valence-corrected chi connectivity index (χ3v) is 7.45. The molecule has 0 aliphatic carbocycles. The predicted molar refractivity (Wildman–Crippen MR) is 125 cm³/mol. The summed E-state index contributed by atoms with van der Waals surface area (Å²) in [6.07, 6.45) is -0.972. The second kappa shape index (κ2) is 10.2. The van der Waals surface area contributed by atoms with Crippen molar-refractivity contribution in [2.45, 2.75) is 17.5 Å². The molecule has 1 aliphatic rings. The second-order valence-corrected chi connectivity index (χ2v) is 11.3. The molecule has 1 heterocycles. The van der Waals surface area contributed by atoms with Gasteiger partial charge in [0.1, 0.15) is 25.0 Å². The number of halogens is 3. The Kier molecular flexibility index (Phi) is 8.16. The van der Waals surface area contributed by atoms with Crippen molar-refractivity contribution in [1.29, 1.82) is 0 Å². The molecule has 182 valence electrons. The van der Waals surface area contributed by atoms with Crippen molar-refractivity contribution in [2.75, 3.05) is 32.0 Å². The topological polar surface area (TPSA) is 131 Å². The Hall–Kier alpha value is -1.19. The van der Waals surface area contributed by atoms with Crippen LogP contribution in [0, 0.1) is 0 Å². The number of quaternary nitrogens is 1. The molecule has 0 saturated heterocycles. The van der Waals surface area contributed by atoms with Gasteiger partial charge in [-0.1, -0.05) is 44.8 Å². The fourth-order valence-electron chi connectivity index (χ4n) is 3.27.